The lowest BCUT2D eigenvalue weighted by atomic mass is 9.87. The molecule has 0 aliphatic carbocycles. The number of hydrogen-bond acceptors (Lipinski definition) is 7. The summed E-state index contributed by atoms with van der Waals surface area (Å²) in [4.78, 5) is 32.9. The maximum Gasteiger partial charge on any atom is 0.428 e. The Bertz CT molecular complexity index is 1300. The lowest BCUT2D eigenvalue weighted by Crippen LogP contribution is -2.53. The molecule has 0 fully saturated rings. The number of fused-ring (bicyclic) bond motifs is 1. The van der Waals surface area contributed by atoms with Crippen LogP contribution < -0.4 is 15.8 Å². The number of halogens is 3. The summed E-state index contributed by atoms with van der Waals surface area (Å²) in [6.07, 6.45) is -7.61. The highest BCUT2D eigenvalue weighted by molar-refractivity contribution is 6.00. The number of nitrogens with zero attached hydrogens (tertiary/aromatic N) is 2. The number of guanidine groups is 1. The topological polar surface area (TPSA) is 126 Å². The average Bonchev–Trinajstić information content (AvgIpc) is 2.95. The molecule has 0 bridgehead atoms. The fourth-order valence-corrected chi connectivity index (χ4v) is 5.44. The molecular formula is C29H35F3N4O5. The Morgan fingerprint density at radius 1 is 1.24 bits per heavy atom. The molecule has 0 saturated heterocycles. The van der Waals surface area contributed by atoms with Crippen LogP contribution in [0.2, 0.25) is 0 Å². The molecule has 0 spiro atoms. The highest BCUT2D eigenvalue weighted by atomic mass is 19.4. The molecule has 2 aliphatic rings. The molecule has 12 heteroatoms. The van der Waals surface area contributed by atoms with E-state index >= 15 is 0 Å². The van der Waals surface area contributed by atoms with E-state index in [1.165, 1.54) is 36.3 Å². The smallest absolute Gasteiger partial charge is 0.428 e. The van der Waals surface area contributed by atoms with E-state index in [0.717, 1.165) is 0 Å². The van der Waals surface area contributed by atoms with Gasteiger partial charge in [0.2, 0.25) is 12.0 Å². The Labute approximate surface area is 236 Å². The quantitative estimate of drug-likeness (QED) is 0.414. The molecule has 2 aromatic rings. The largest absolute Gasteiger partial charge is 0.478 e. The Kier molecular flexibility index (Phi) is 8.93. The van der Waals surface area contributed by atoms with Crippen LogP contribution in [0.4, 0.5) is 13.2 Å². The number of benzene rings is 2. The number of carbonyl (C=O) groups excluding carboxylic acids is 2. The van der Waals surface area contributed by atoms with Gasteiger partial charge in [-0.2, -0.15) is 13.2 Å². The van der Waals surface area contributed by atoms with Crippen LogP contribution in [0.5, 0.6) is 5.75 Å². The van der Waals surface area contributed by atoms with Crippen molar-refractivity contribution in [3.05, 3.63) is 65.2 Å². The summed E-state index contributed by atoms with van der Waals surface area (Å²) in [7, 11) is 1.53. The summed E-state index contributed by atoms with van der Waals surface area (Å²) in [6.45, 7) is 4.20. The van der Waals surface area contributed by atoms with Crippen molar-refractivity contribution in [3.8, 4) is 5.75 Å². The van der Waals surface area contributed by atoms with Gasteiger partial charge in [0, 0.05) is 24.8 Å². The normalized spacial score (nSPS) is 22.8. The number of methoxy groups -OCH3 is 1. The minimum atomic E-state index is -4.86. The standard InChI is InChI=1S/C29H35F3N4O5/c1-4-28(5-2)16-22(37)36(27(33)35-28)20(13-14-40-3)17-9-8-10-18(15-17)26(39)34-23-19-11-6-7-12-21(19)41-25(24(23)38)29(30,31)32/h6-12,15,20,23-25,38H,4-5,13-14,16H2,1-3H3,(H2,33,35)(H,34,39)/t20-,23?,24?,25?/m1/s1. The zero-order valence-electron chi connectivity index (χ0n) is 23.1. The number of nitrogens with one attached hydrogen (secondary N) is 1. The second-order valence-electron chi connectivity index (χ2n) is 10.3. The first-order valence-corrected chi connectivity index (χ1v) is 13.5. The number of aliphatic imine (C=N–C) groups is 1. The predicted octanol–water partition coefficient (Wildman–Crippen LogP) is 4.03. The molecule has 2 aromatic carbocycles. The van der Waals surface area contributed by atoms with E-state index in [9.17, 15) is 27.9 Å². The van der Waals surface area contributed by atoms with E-state index in [-0.39, 0.29) is 41.8 Å². The third-order valence-corrected chi connectivity index (χ3v) is 7.87. The van der Waals surface area contributed by atoms with Crippen LogP contribution in [0, 0.1) is 0 Å². The molecule has 9 nitrogen and oxygen atoms in total. The molecular weight excluding hydrogens is 541 g/mol. The highest BCUT2D eigenvalue weighted by Crippen LogP contribution is 2.41. The van der Waals surface area contributed by atoms with Crippen molar-refractivity contribution >= 4 is 17.8 Å². The van der Waals surface area contributed by atoms with Crippen molar-refractivity contribution in [2.45, 2.75) is 75.5 Å². The van der Waals surface area contributed by atoms with Crippen molar-refractivity contribution in [3.63, 3.8) is 0 Å². The van der Waals surface area contributed by atoms with Crippen molar-refractivity contribution in [2.75, 3.05) is 13.7 Å². The first-order valence-electron chi connectivity index (χ1n) is 13.5. The van der Waals surface area contributed by atoms with E-state index in [2.05, 4.69) is 10.3 Å². The molecule has 0 radical (unpaired) electrons. The minimum absolute atomic E-state index is 0.0765. The summed E-state index contributed by atoms with van der Waals surface area (Å²) < 4.78 is 51.2. The van der Waals surface area contributed by atoms with Crippen LogP contribution in [0.3, 0.4) is 0 Å². The summed E-state index contributed by atoms with van der Waals surface area (Å²) in [5.74, 6) is -0.896. The Morgan fingerprint density at radius 2 is 1.95 bits per heavy atom. The third-order valence-electron chi connectivity index (χ3n) is 7.87. The number of amides is 2. The van der Waals surface area contributed by atoms with E-state index in [1.807, 2.05) is 13.8 Å². The lowest BCUT2D eigenvalue weighted by molar-refractivity contribution is -0.228. The number of hydrogen-bond donors (Lipinski definition) is 3. The van der Waals surface area contributed by atoms with Gasteiger partial charge in [-0.3, -0.25) is 14.5 Å². The van der Waals surface area contributed by atoms with E-state index in [0.29, 0.717) is 24.8 Å². The van der Waals surface area contributed by atoms with Gasteiger partial charge in [0.25, 0.3) is 5.91 Å². The van der Waals surface area contributed by atoms with Gasteiger partial charge < -0.3 is 25.6 Å². The first kappa shape index (κ1) is 30.3. The fraction of sp³-hybridized carbons (Fsp3) is 0.483. The number of ether oxygens (including phenoxy) is 2. The summed E-state index contributed by atoms with van der Waals surface area (Å²) >= 11 is 0. The number of rotatable bonds is 9. The van der Waals surface area contributed by atoms with Crippen molar-refractivity contribution in [1.29, 1.82) is 0 Å². The predicted molar refractivity (Wildman–Crippen MR) is 145 cm³/mol. The molecule has 4 atom stereocenters. The van der Waals surface area contributed by atoms with Crippen LogP contribution in [0.15, 0.2) is 53.5 Å². The first-order chi connectivity index (χ1) is 19.4. The Hall–Kier alpha value is -3.64. The number of aliphatic hydroxyl groups is 1. The van der Waals surface area contributed by atoms with Crippen LogP contribution >= 0.6 is 0 Å². The Balaban J connectivity index is 1.65. The summed E-state index contributed by atoms with van der Waals surface area (Å²) in [6, 6.07) is 10.3. The molecule has 41 heavy (non-hydrogen) atoms. The molecule has 222 valence electrons. The van der Waals surface area contributed by atoms with E-state index in [4.69, 9.17) is 15.2 Å². The maximum absolute atomic E-state index is 13.6. The van der Waals surface area contributed by atoms with Crippen LogP contribution in [-0.2, 0) is 9.53 Å². The highest BCUT2D eigenvalue weighted by Gasteiger charge is 2.52. The zero-order valence-corrected chi connectivity index (χ0v) is 23.1. The molecule has 3 unspecified atom stereocenters. The zero-order chi connectivity index (χ0) is 29.9. The molecule has 4 N–H and O–H groups in total. The second kappa shape index (κ2) is 12.1. The van der Waals surface area contributed by atoms with Crippen molar-refractivity contribution < 1.29 is 37.3 Å². The van der Waals surface area contributed by atoms with Crippen molar-refractivity contribution in [2.24, 2.45) is 10.7 Å². The number of carbonyl (C=O) groups is 2. The van der Waals surface area contributed by atoms with E-state index in [1.54, 1.807) is 24.3 Å². The van der Waals surface area contributed by atoms with Gasteiger partial charge in [-0.05, 0) is 43.0 Å². The number of aliphatic hydroxyl groups excluding tert-OH is 1. The van der Waals surface area contributed by atoms with Crippen LogP contribution in [0.1, 0.15) is 73.1 Å². The molecule has 0 saturated carbocycles. The molecule has 0 aromatic heterocycles. The molecule has 2 amide bonds. The summed E-state index contributed by atoms with van der Waals surface area (Å²) in [5, 5.41) is 13.2. The van der Waals surface area contributed by atoms with Crippen LogP contribution in [-0.4, -0.2) is 65.4 Å². The SMILES string of the molecule is CCC1(CC)CC(=O)N([C@H](CCOC)c2cccc(C(=O)NC3c4ccccc4OC(C(F)(F)F)C3O)c2)C(N)=N1. The van der Waals surface area contributed by atoms with Crippen LogP contribution in [0.25, 0.3) is 0 Å². The number of alkyl halides is 3. The van der Waals surface area contributed by atoms with Gasteiger partial charge in [-0.15, -0.1) is 0 Å². The molecule has 2 heterocycles. The van der Waals surface area contributed by atoms with Gasteiger partial charge in [0.15, 0.2) is 5.96 Å². The van der Waals surface area contributed by atoms with Crippen molar-refractivity contribution in [1.82, 2.24) is 10.2 Å². The number of nitrogens with two attached hydrogens (primary N) is 1. The Morgan fingerprint density at radius 3 is 2.59 bits per heavy atom. The number of para-hydroxylation sites is 1. The van der Waals surface area contributed by atoms with Gasteiger partial charge >= 0.3 is 6.18 Å². The van der Waals surface area contributed by atoms with E-state index < -0.39 is 41.9 Å². The monoisotopic (exact) mass is 576 g/mol. The van der Waals surface area contributed by atoms with Gasteiger partial charge in [0.05, 0.1) is 24.0 Å². The van der Waals surface area contributed by atoms with Gasteiger partial charge in [0.1, 0.15) is 11.9 Å². The third kappa shape index (κ3) is 6.18. The molecule has 2 aliphatic heterocycles. The lowest BCUT2D eigenvalue weighted by Gasteiger charge is -2.40. The van der Waals surface area contributed by atoms with Gasteiger partial charge in [-0.1, -0.05) is 44.2 Å². The minimum Gasteiger partial charge on any atom is -0.478 e. The maximum atomic E-state index is 13.6. The fourth-order valence-electron chi connectivity index (χ4n) is 5.44. The van der Waals surface area contributed by atoms with Gasteiger partial charge in [-0.25, -0.2) is 4.99 Å². The summed E-state index contributed by atoms with van der Waals surface area (Å²) in [5.41, 5.74) is 6.69. The average molecular weight is 577 g/mol. The molecule has 4 rings (SSSR count). The second-order valence-corrected chi connectivity index (χ2v) is 10.3.